The van der Waals surface area contributed by atoms with E-state index >= 15 is 0 Å². The number of aliphatic carboxylic acids is 1. The van der Waals surface area contributed by atoms with Gasteiger partial charge in [0.05, 0.1) is 6.42 Å². The lowest BCUT2D eigenvalue weighted by atomic mass is 9.46. The van der Waals surface area contributed by atoms with Crippen molar-refractivity contribution in [2.75, 3.05) is 6.61 Å². The average molecular weight is 602 g/mol. The summed E-state index contributed by atoms with van der Waals surface area (Å²) in [6.45, 7) is 8.75. The number of rotatable bonds is 11. The molecule has 3 saturated carbocycles. The first kappa shape index (κ1) is 32.9. The maximum Gasteiger partial charge on any atom is 0.326 e. The first-order valence-corrected chi connectivity index (χ1v) is 15.8. The van der Waals surface area contributed by atoms with Gasteiger partial charge in [-0.05, 0) is 86.5 Å². The maximum atomic E-state index is 13.9. The van der Waals surface area contributed by atoms with Gasteiger partial charge in [-0.15, -0.1) is 0 Å². The number of Topliss-reactive ketones (excluding diaryl/α,β-unsaturated/α-hetero) is 1. The summed E-state index contributed by atoms with van der Waals surface area (Å²) < 4.78 is 11.2. The van der Waals surface area contributed by atoms with E-state index in [-0.39, 0.29) is 42.3 Å². The quantitative estimate of drug-likeness (QED) is 0.330. The molecule has 7 unspecified atom stereocenters. The van der Waals surface area contributed by atoms with E-state index in [1.165, 1.54) is 12.5 Å². The van der Waals surface area contributed by atoms with Crippen LogP contribution in [0.2, 0.25) is 0 Å². The van der Waals surface area contributed by atoms with Crippen molar-refractivity contribution in [1.29, 1.82) is 0 Å². The zero-order valence-electron chi connectivity index (χ0n) is 26.2. The number of ketones is 2. The molecule has 0 aromatic rings. The third-order valence-electron chi connectivity index (χ3n) is 11.1. The molecule has 0 spiro atoms. The van der Waals surface area contributed by atoms with Crippen LogP contribution < -0.4 is 5.32 Å². The Morgan fingerprint density at radius 3 is 2.35 bits per heavy atom. The van der Waals surface area contributed by atoms with Crippen molar-refractivity contribution < 1.29 is 43.3 Å². The van der Waals surface area contributed by atoms with E-state index in [2.05, 4.69) is 12.2 Å². The van der Waals surface area contributed by atoms with Crippen molar-refractivity contribution in [3.05, 3.63) is 11.6 Å². The average Bonchev–Trinajstić information content (AvgIpc) is 3.22. The Balaban J connectivity index is 1.42. The first-order chi connectivity index (χ1) is 20.1. The molecule has 4 aliphatic rings. The Hall–Kier alpha value is -3.04. The Bertz CT molecular complexity index is 1210. The topological polar surface area (TPSA) is 153 Å². The zero-order valence-corrected chi connectivity index (χ0v) is 26.2. The van der Waals surface area contributed by atoms with Crippen LogP contribution in [0.4, 0.5) is 0 Å². The number of fused-ring (bicyclic) bond motifs is 5. The maximum absolute atomic E-state index is 13.9. The lowest BCUT2D eigenvalue weighted by molar-refractivity contribution is -0.191. The van der Waals surface area contributed by atoms with Crippen LogP contribution in [0, 0.1) is 34.5 Å². The second kappa shape index (κ2) is 12.5. The minimum absolute atomic E-state index is 0.0318. The van der Waals surface area contributed by atoms with Crippen LogP contribution >= 0.6 is 0 Å². The minimum Gasteiger partial charge on any atom is -0.480 e. The number of carbonyl (C=O) groups is 6. The van der Waals surface area contributed by atoms with E-state index in [1.54, 1.807) is 0 Å². The van der Waals surface area contributed by atoms with Gasteiger partial charge >= 0.3 is 17.9 Å². The molecular weight excluding hydrogens is 554 g/mol. The Kier molecular flexibility index (Phi) is 9.57. The van der Waals surface area contributed by atoms with Crippen molar-refractivity contribution in [3.8, 4) is 0 Å². The number of ether oxygens (including phenoxy) is 2. The highest BCUT2D eigenvalue weighted by molar-refractivity contribution is 5.94. The van der Waals surface area contributed by atoms with Crippen LogP contribution in [-0.2, 0) is 38.2 Å². The minimum atomic E-state index is -1.41. The predicted octanol–water partition coefficient (Wildman–Crippen LogP) is 4.33. The van der Waals surface area contributed by atoms with Gasteiger partial charge in [-0.25, -0.2) is 4.79 Å². The van der Waals surface area contributed by atoms with E-state index in [0.717, 1.165) is 32.1 Å². The van der Waals surface area contributed by atoms with E-state index < -0.39 is 53.3 Å². The standard InChI is InChI=1S/C33H47NO9/c1-19(2)16-26(30(40)41)34-28(38)8-9-29(39)42-18-27(37)33(43-20(3)35)15-12-25-23-7-6-21-17-22(36)10-13-31(21,4)24(23)11-14-32(25,33)5/h17,19,23-26H,6-16,18H2,1-5H3,(H,34,38)(H,40,41). The summed E-state index contributed by atoms with van der Waals surface area (Å²) in [5, 5.41) is 11.8. The first-order valence-electron chi connectivity index (χ1n) is 15.8. The molecule has 0 heterocycles. The summed E-state index contributed by atoms with van der Waals surface area (Å²) in [6.07, 6.45) is 7.37. The van der Waals surface area contributed by atoms with Crippen LogP contribution in [0.3, 0.4) is 0 Å². The third-order valence-corrected chi connectivity index (χ3v) is 11.1. The molecule has 0 aromatic heterocycles. The number of nitrogens with one attached hydrogen (secondary N) is 1. The van der Waals surface area contributed by atoms with Gasteiger partial charge in [-0.2, -0.15) is 0 Å². The molecule has 4 rings (SSSR count). The molecule has 10 nitrogen and oxygen atoms in total. The van der Waals surface area contributed by atoms with Gasteiger partial charge in [-0.3, -0.25) is 24.0 Å². The molecule has 0 saturated heterocycles. The molecule has 0 aromatic carbocycles. The van der Waals surface area contributed by atoms with Crippen molar-refractivity contribution in [2.24, 2.45) is 34.5 Å². The van der Waals surface area contributed by atoms with Crippen molar-refractivity contribution in [1.82, 2.24) is 5.32 Å². The molecule has 7 atom stereocenters. The summed E-state index contributed by atoms with van der Waals surface area (Å²) >= 11 is 0. The molecule has 2 N–H and O–H groups in total. The predicted molar refractivity (Wildman–Crippen MR) is 155 cm³/mol. The highest BCUT2D eigenvalue weighted by Crippen LogP contribution is 2.68. The number of hydrogen-bond donors (Lipinski definition) is 2. The second-order valence-corrected chi connectivity index (χ2v) is 14.1. The second-order valence-electron chi connectivity index (χ2n) is 14.1. The lowest BCUT2D eigenvalue weighted by Gasteiger charge is -2.59. The number of amides is 1. The van der Waals surface area contributed by atoms with Crippen LogP contribution in [0.1, 0.15) is 105 Å². The fourth-order valence-electron chi connectivity index (χ4n) is 9.00. The third kappa shape index (κ3) is 6.29. The smallest absolute Gasteiger partial charge is 0.326 e. The summed E-state index contributed by atoms with van der Waals surface area (Å²) in [5.41, 5.74) is -0.798. The molecule has 43 heavy (non-hydrogen) atoms. The summed E-state index contributed by atoms with van der Waals surface area (Å²) in [5.74, 6) is -2.34. The van der Waals surface area contributed by atoms with Gasteiger partial charge in [0, 0.05) is 25.2 Å². The van der Waals surface area contributed by atoms with Crippen molar-refractivity contribution in [3.63, 3.8) is 0 Å². The lowest BCUT2D eigenvalue weighted by Crippen LogP contribution is -2.59. The highest BCUT2D eigenvalue weighted by Gasteiger charge is 2.68. The number of carbonyl (C=O) groups excluding carboxylic acids is 5. The van der Waals surface area contributed by atoms with E-state index in [1.807, 2.05) is 26.8 Å². The number of esters is 2. The fraction of sp³-hybridized carbons (Fsp3) is 0.758. The number of hydrogen-bond acceptors (Lipinski definition) is 8. The molecular formula is C33H47NO9. The SMILES string of the molecule is CC(=O)OC1(C(=O)COC(=O)CCC(=O)NC(CC(C)C)C(=O)O)CCC2C3CCC4=CC(=O)CCC4(C)C3CCC21C. The molecule has 3 fully saturated rings. The summed E-state index contributed by atoms with van der Waals surface area (Å²) in [6, 6.07) is -1.05. The monoisotopic (exact) mass is 601 g/mol. The summed E-state index contributed by atoms with van der Waals surface area (Å²) in [7, 11) is 0. The normalized spacial score (nSPS) is 33.8. The molecule has 1 amide bonds. The fourth-order valence-corrected chi connectivity index (χ4v) is 9.00. The molecule has 238 valence electrons. The number of allylic oxidation sites excluding steroid dienone is 1. The van der Waals surface area contributed by atoms with Crippen LogP contribution in [0.25, 0.3) is 0 Å². The van der Waals surface area contributed by atoms with E-state index in [0.29, 0.717) is 31.1 Å². The number of carboxylic acids is 1. The molecule has 0 bridgehead atoms. The Morgan fingerprint density at radius 2 is 1.70 bits per heavy atom. The van der Waals surface area contributed by atoms with Gasteiger partial charge in [0.1, 0.15) is 6.04 Å². The Labute approximate surface area is 253 Å². The number of carboxylic acid groups (broad SMARTS) is 1. The van der Waals surface area contributed by atoms with Gasteiger partial charge in [-0.1, -0.05) is 33.3 Å². The highest BCUT2D eigenvalue weighted by atomic mass is 16.6. The molecule has 4 aliphatic carbocycles. The van der Waals surface area contributed by atoms with E-state index in [9.17, 15) is 33.9 Å². The Morgan fingerprint density at radius 1 is 1.00 bits per heavy atom. The van der Waals surface area contributed by atoms with Crippen molar-refractivity contribution >= 4 is 35.4 Å². The van der Waals surface area contributed by atoms with Crippen molar-refractivity contribution in [2.45, 2.75) is 117 Å². The summed E-state index contributed by atoms with van der Waals surface area (Å²) in [4.78, 5) is 74.6. The largest absolute Gasteiger partial charge is 0.480 e. The van der Waals surface area contributed by atoms with Crippen LogP contribution in [0.5, 0.6) is 0 Å². The molecule has 0 radical (unpaired) electrons. The van der Waals surface area contributed by atoms with Gasteiger partial charge in [0.15, 0.2) is 18.0 Å². The van der Waals surface area contributed by atoms with E-state index in [4.69, 9.17) is 9.47 Å². The van der Waals surface area contributed by atoms with Gasteiger partial charge < -0.3 is 19.9 Å². The van der Waals surface area contributed by atoms with Crippen LogP contribution in [0.15, 0.2) is 11.6 Å². The molecule has 10 heteroatoms. The van der Waals surface area contributed by atoms with Gasteiger partial charge in [0.2, 0.25) is 11.7 Å². The van der Waals surface area contributed by atoms with Crippen LogP contribution in [-0.4, -0.2) is 58.7 Å². The van der Waals surface area contributed by atoms with Gasteiger partial charge in [0.25, 0.3) is 0 Å². The molecule has 0 aliphatic heterocycles. The zero-order chi connectivity index (χ0) is 31.7.